The Morgan fingerprint density at radius 1 is 1.80 bits per heavy atom. The lowest BCUT2D eigenvalue weighted by Gasteiger charge is -2.16. The SMILES string of the molecule is COC1=CC(C)OC(=O)C1. The van der Waals surface area contributed by atoms with Gasteiger partial charge in [0.15, 0.2) is 0 Å². The van der Waals surface area contributed by atoms with Crippen LogP contribution in [0.4, 0.5) is 0 Å². The quantitative estimate of drug-likeness (QED) is 0.509. The molecule has 0 saturated heterocycles. The number of carbonyl (C=O) groups excluding carboxylic acids is 1. The average molecular weight is 142 g/mol. The smallest absolute Gasteiger partial charge is 0.314 e. The zero-order chi connectivity index (χ0) is 7.56. The van der Waals surface area contributed by atoms with E-state index in [-0.39, 0.29) is 18.5 Å². The summed E-state index contributed by atoms with van der Waals surface area (Å²) in [4.78, 5) is 10.7. The van der Waals surface area contributed by atoms with Crippen LogP contribution in [0.2, 0.25) is 0 Å². The van der Waals surface area contributed by atoms with Crippen molar-refractivity contribution in [1.29, 1.82) is 0 Å². The molecule has 0 amide bonds. The summed E-state index contributed by atoms with van der Waals surface area (Å²) in [6.45, 7) is 1.80. The van der Waals surface area contributed by atoms with Crippen LogP contribution >= 0.6 is 0 Å². The summed E-state index contributed by atoms with van der Waals surface area (Å²) < 4.78 is 9.72. The van der Waals surface area contributed by atoms with Crippen molar-refractivity contribution in [3.63, 3.8) is 0 Å². The van der Waals surface area contributed by atoms with Crippen molar-refractivity contribution >= 4 is 5.97 Å². The van der Waals surface area contributed by atoms with Crippen LogP contribution in [0.3, 0.4) is 0 Å². The predicted octanol–water partition coefficient (Wildman–Crippen LogP) is 0.852. The first-order chi connectivity index (χ1) is 4.72. The fraction of sp³-hybridized carbons (Fsp3) is 0.571. The highest BCUT2D eigenvalue weighted by Crippen LogP contribution is 2.13. The van der Waals surface area contributed by atoms with Gasteiger partial charge in [-0.2, -0.15) is 0 Å². The number of hydrogen-bond acceptors (Lipinski definition) is 3. The summed E-state index contributed by atoms with van der Waals surface area (Å²) in [6, 6.07) is 0. The molecule has 1 atom stereocenters. The van der Waals surface area contributed by atoms with Gasteiger partial charge in [-0.25, -0.2) is 0 Å². The number of rotatable bonds is 1. The molecule has 56 valence electrons. The summed E-state index contributed by atoms with van der Waals surface area (Å²) in [7, 11) is 1.55. The fourth-order valence-corrected chi connectivity index (χ4v) is 0.886. The second kappa shape index (κ2) is 2.73. The van der Waals surface area contributed by atoms with E-state index in [1.54, 1.807) is 20.1 Å². The van der Waals surface area contributed by atoms with Crippen LogP contribution in [-0.4, -0.2) is 19.2 Å². The van der Waals surface area contributed by atoms with Crippen LogP contribution in [0, 0.1) is 0 Å². The first-order valence-electron chi connectivity index (χ1n) is 3.16. The summed E-state index contributed by atoms with van der Waals surface area (Å²) in [5.41, 5.74) is 0. The molecule has 0 fully saturated rings. The molecule has 1 aliphatic rings. The minimum atomic E-state index is -0.216. The van der Waals surface area contributed by atoms with Gasteiger partial charge in [0.1, 0.15) is 18.3 Å². The Morgan fingerprint density at radius 2 is 2.50 bits per heavy atom. The fourth-order valence-electron chi connectivity index (χ4n) is 0.886. The molecule has 3 nitrogen and oxygen atoms in total. The van der Waals surface area contributed by atoms with E-state index in [1.165, 1.54) is 0 Å². The van der Waals surface area contributed by atoms with Gasteiger partial charge in [0.2, 0.25) is 0 Å². The molecule has 0 aromatic rings. The monoisotopic (exact) mass is 142 g/mol. The van der Waals surface area contributed by atoms with E-state index < -0.39 is 0 Å². The third-order valence-electron chi connectivity index (χ3n) is 1.32. The highest BCUT2D eigenvalue weighted by Gasteiger charge is 2.17. The molecular weight excluding hydrogens is 132 g/mol. The number of ether oxygens (including phenoxy) is 2. The normalized spacial score (nSPS) is 25.2. The summed E-state index contributed by atoms with van der Waals surface area (Å²) in [5, 5.41) is 0. The Balaban J connectivity index is 2.65. The highest BCUT2D eigenvalue weighted by atomic mass is 16.5. The maximum atomic E-state index is 10.7. The molecule has 0 spiro atoms. The molecule has 1 heterocycles. The van der Waals surface area contributed by atoms with Gasteiger partial charge in [-0.05, 0) is 13.0 Å². The van der Waals surface area contributed by atoms with Gasteiger partial charge in [-0.1, -0.05) is 0 Å². The lowest BCUT2D eigenvalue weighted by atomic mass is 10.2. The van der Waals surface area contributed by atoms with Crippen molar-refractivity contribution in [3.8, 4) is 0 Å². The summed E-state index contributed by atoms with van der Waals surface area (Å²) in [5.74, 6) is 0.482. The molecule has 0 aliphatic carbocycles. The summed E-state index contributed by atoms with van der Waals surface area (Å²) >= 11 is 0. The second-order valence-corrected chi connectivity index (χ2v) is 2.21. The van der Waals surface area contributed by atoms with Crippen LogP contribution in [0.5, 0.6) is 0 Å². The minimum Gasteiger partial charge on any atom is -0.501 e. The van der Waals surface area contributed by atoms with Crippen LogP contribution < -0.4 is 0 Å². The standard InChI is InChI=1S/C7H10O3/c1-5-3-6(9-2)4-7(8)10-5/h3,5H,4H2,1-2H3. The average Bonchev–Trinajstić information content (AvgIpc) is 1.85. The van der Waals surface area contributed by atoms with E-state index in [4.69, 9.17) is 9.47 Å². The minimum absolute atomic E-state index is 0.142. The molecule has 1 rings (SSSR count). The Hall–Kier alpha value is -0.990. The molecule has 0 N–H and O–H groups in total. The second-order valence-electron chi connectivity index (χ2n) is 2.21. The molecule has 0 radical (unpaired) electrons. The largest absolute Gasteiger partial charge is 0.501 e. The van der Waals surface area contributed by atoms with Crippen LogP contribution in [-0.2, 0) is 14.3 Å². The number of hydrogen-bond donors (Lipinski definition) is 0. The van der Waals surface area contributed by atoms with Crippen molar-refractivity contribution < 1.29 is 14.3 Å². The van der Waals surface area contributed by atoms with E-state index in [9.17, 15) is 4.79 Å². The first kappa shape index (κ1) is 7.12. The Kier molecular flexibility index (Phi) is 1.94. The van der Waals surface area contributed by atoms with E-state index in [0.29, 0.717) is 5.76 Å². The predicted molar refractivity (Wildman–Crippen MR) is 35.3 cm³/mol. The number of carbonyl (C=O) groups is 1. The maximum Gasteiger partial charge on any atom is 0.314 e. The van der Waals surface area contributed by atoms with E-state index in [0.717, 1.165) is 0 Å². The lowest BCUT2D eigenvalue weighted by Crippen LogP contribution is -2.19. The van der Waals surface area contributed by atoms with Crippen molar-refractivity contribution in [3.05, 3.63) is 11.8 Å². The van der Waals surface area contributed by atoms with E-state index in [2.05, 4.69) is 0 Å². The number of esters is 1. The molecule has 1 aliphatic heterocycles. The molecule has 0 aromatic carbocycles. The van der Waals surface area contributed by atoms with E-state index in [1.807, 2.05) is 0 Å². The first-order valence-corrected chi connectivity index (χ1v) is 3.16. The van der Waals surface area contributed by atoms with Gasteiger partial charge in [-0.3, -0.25) is 4.79 Å². The Bertz CT molecular complexity index is 172. The van der Waals surface area contributed by atoms with Gasteiger partial charge >= 0.3 is 5.97 Å². The van der Waals surface area contributed by atoms with Gasteiger partial charge in [-0.15, -0.1) is 0 Å². The van der Waals surface area contributed by atoms with Crippen LogP contribution in [0.1, 0.15) is 13.3 Å². The van der Waals surface area contributed by atoms with Crippen molar-refractivity contribution in [2.45, 2.75) is 19.4 Å². The molecule has 3 heteroatoms. The van der Waals surface area contributed by atoms with Crippen molar-refractivity contribution in [1.82, 2.24) is 0 Å². The van der Waals surface area contributed by atoms with Gasteiger partial charge in [0.05, 0.1) is 7.11 Å². The third-order valence-corrected chi connectivity index (χ3v) is 1.32. The van der Waals surface area contributed by atoms with Gasteiger partial charge < -0.3 is 9.47 Å². The molecule has 0 aromatic heterocycles. The third kappa shape index (κ3) is 1.50. The Morgan fingerprint density at radius 3 is 3.00 bits per heavy atom. The zero-order valence-electron chi connectivity index (χ0n) is 6.09. The molecule has 0 bridgehead atoms. The maximum absolute atomic E-state index is 10.7. The molecular formula is C7H10O3. The van der Waals surface area contributed by atoms with Crippen molar-refractivity contribution in [2.75, 3.05) is 7.11 Å². The van der Waals surface area contributed by atoms with Crippen LogP contribution in [0.25, 0.3) is 0 Å². The molecule has 1 unspecified atom stereocenters. The topological polar surface area (TPSA) is 35.5 Å². The van der Waals surface area contributed by atoms with Gasteiger partial charge in [0.25, 0.3) is 0 Å². The highest BCUT2D eigenvalue weighted by molar-refractivity contribution is 5.73. The van der Waals surface area contributed by atoms with Crippen molar-refractivity contribution in [2.24, 2.45) is 0 Å². The number of methoxy groups -OCH3 is 1. The van der Waals surface area contributed by atoms with Crippen LogP contribution in [0.15, 0.2) is 11.8 Å². The zero-order valence-corrected chi connectivity index (χ0v) is 6.09. The molecule has 10 heavy (non-hydrogen) atoms. The van der Waals surface area contributed by atoms with E-state index >= 15 is 0 Å². The summed E-state index contributed by atoms with van der Waals surface area (Å²) in [6.07, 6.45) is 1.92. The lowest BCUT2D eigenvalue weighted by molar-refractivity contribution is -0.147. The Labute approximate surface area is 59.6 Å². The number of cyclic esters (lactones) is 1. The van der Waals surface area contributed by atoms with Gasteiger partial charge in [0, 0.05) is 0 Å². The molecule has 0 saturated carbocycles.